The Bertz CT molecular complexity index is 205. The van der Waals surface area contributed by atoms with Crippen molar-refractivity contribution in [1.82, 2.24) is 10.6 Å². The van der Waals surface area contributed by atoms with E-state index < -0.39 is 0 Å². The molecule has 0 heterocycles. The van der Waals surface area contributed by atoms with E-state index in [9.17, 15) is 4.79 Å². The van der Waals surface area contributed by atoms with E-state index in [1.54, 1.807) is 0 Å². The first kappa shape index (κ1) is 13.5. The summed E-state index contributed by atoms with van der Waals surface area (Å²) in [5.41, 5.74) is 0. The third-order valence-electron chi connectivity index (χ3n) is 3.02. The number of nitrogens with one attached hydrogen (secondary N) is 2. The van der Waals surface area contributed by atoms with Gasteiger partial charge in [-0.3, -0.25) is 4.79 Å². The zero-order valence-corrected chi connectivity index (χ0v) is 10.2. The van der Waals surface area contributed by atoms with Gasteiger partial charge >= 0.3 is 0 Å². The van der Waals surface area contributed by atoms with Crippen LogP contribution in [-0.2, 0) is 4.79 Å². The standard InChI is InChI=1S/C12H24N2O2/c1-2-10(6-8-15)9-13-7-5-12(16)14-11-3-4-11/h10-11,13,15H,2-9H2,1H3,(H,14,16). The van der Waals surface area contributed by atoms with E-state index in [4.69, 9.17) is 5.11 Å². The fraction of sp³-hybridized carbons (Fsp3) is 0.917. The topological polar surface area (TPSA) is 61.4 Å². The van der Waals surface area contributed by atoms with Crippen LogP contribution in [-0.4, -0.2) is 36.8 Å². The summed E-state index contributed by atoms with van der Waals surface area (Å²) < 4.78 is 0. The summed E-state index contributed by atoms with van der Waals surface area (Å²) in [5, 5.41) is 15.1. The van der Waals surface area contributed by atoms with Crippen LogP contribution in [0.1, 0.15) is 39.0 Å². The summed E-state index contributed by atoms with van der Waals surface area (Å²) >= 11 is 0. The van der Waals surface area contributed by atoms with Gasteiger partial charge in [-0.2, -0.15) is 0 Å². The summed E-state index contributed by atoms with van der Waals surface area (Å²) in [4.78, 5) is 11.3. The molecular weight excluding hydrogens is 204 g/mol. The van der Waals surface area contributed by atoms with Gasteiger partial charge in [0, 0.05) is 25.6 Å². The van der Waals surface area contributed by atoms with Crippen LogP contribution in [0.5, 0.6) is 0 Å². The van der Waals surface area contributed by atoms with Crippen molar-refractivity contribution in [2.24, 2.45) is 5.92 Å². The smallest absolute Gasteiger partial charge is 0.221 e. The largest absolute Gasteiger partial charge is 0.396 e. The van der Waals surface area contributed by atoms with E-state index >= 15 is 0 Å². The number of rotatable bonds is 9. The predicted molar refractivity (Wildman–Crippen MR) is 64.1 cm³/mol. The van der Waals surface area contributed by atoms with Crippen molar-refractivity contribution >= 4 is 5.91 Å². The van der Waals surface area contributed by atoms with Crippen molar-refractivity contribution < 1.29 is 9.90 Å². The van der Waals surface area contributed by atoms with Crippen molar-refractivity contribution in [2.75, 3.05) is 19.7 Å². The van der Waals surface area contributed by atoms with Crippen molar-refractivity contribution in [3.63, 3.8) is 0 Å². The molecule has 0 aromatic heterocycles. The lowest BCUT2D eigenvalue weighted by Crippen LogP contribution is -2.31. The monoisotopic (exact) mass is 228 g/mol. The molecule has 4 nitrogen and oxygen atoms in total. The number of hydrogen-bond acceptors (Lipinski definition) is 3. The van der Waals surface area contributed by atoms with Gasteiger partial charge < -0.3 is 15.7 Å². The Hall–Kier alpha value is -0.610. The van der Waals surface area contributed by atoms with Gasteiger partial charge in [0.25, 0.3) is 0 Å². The minimum atomic E-state index is 0.158. The molecule has 0 aromatic rings. The molecule has 1 unspecified atom stereocenters. The zero-order valence-electron chi connectivity index (χ0n) is 10.2. The molecule has 4 heteroatoms. The van der Waals surface area contributed by atoms with Gasteiger partial charge in [0.05, 0.1) is 0 Å². The number of carbonyl (C=O) groups excluding carboxylic acids is 1. The first-order chi connectivity index (χ1) is 7.76. The van der Waals surface area contributed by atoms with E-state index in [0.29, 0.717) is 18.4 Å². The minimum Gasteiger partial charge on any atom is -0.396 e. The van der Waals surface area contributed by atoms with E-state index in [0.717, 1.165) is 38.8 Å². The van der Waals surface area contributed by atoms with E-state index in [-0.39, 0.29) is 12.5 Å². The molecule has 16 heavy (non-hydrogen) atoms. The molecular formula is C12H24N2O2. The van der Waals surface area contributed by atoms with Crippen LogP contribution in [0.25, 0.3) is 0 Å². The second-order valence-corrected chi connectivity index (χ2v) is 4.58. The van der Waals surface area contributed by atoms with Gasteiger partial charge in [-0.05, 0) is 31.7 Å². The third-order valence-corrected chi connectivity index (χ3v) is 3.02. The van der Waals surface area contributed by atoms with Gasteiger partial charge in [-0.25, -0.2) is 0 Å². The first-order valence-electron chi connectivity index (χ1n) is 6.37. The zero-order chi connectivity index (χ0) is 11.8. The van der Waals surface area contributed by atoms with E-state index in [2.05, 4.69) is 17.6 Å². The molecule has 0 aromatic carbocycles. The summed E-state index contributed by atoms with van der Waals surface area (Å²) in [5.74, 6) is 0.682. The van der Waals surface area contributed by atoms with Gasteiger partial charge in [0.15, 0.2) is 0 Å². The molecule has 0 aliphatic heterocycles. The Labute approximate surface area is 97.8 Å². The van der Waals surface area contributed by atoms with E-state index in [1.165, 1.54) is 0 Å². The highest BCUT2D eigenvalue weighted by Crippen LogP contribution is 2.18. The van der Waals surface area contributed by atoms with Crippen molar-refractivity contribution in [3.05, 3.63) is 0 Å². The quantitative estimate of drug-likeness (QED) is 0.508. The molecule has 0 saturated heterocycles. The number of amides is 1. The maximum Gasteiger partial charge on any atom is 0.221 e. The summed E-state index contributed by atoms with van der Waals surface area (Å²) in [6.07, 6.45) is 4.77. The maximum absolute atomic E-state index is 11.3. The molecule has 1 saturated carbocycles. The number of aliphatic hydroxyl groups is 1. The van der Waals surface area contributed by atoms with Gasteiger partial charge in [0.2, 0.25) is 5.91 Å². The number of carbonyl (C=O) groups is 1. The molecule has 1 atom stereocenters. The first-order valence-corrected chi connectivity index (χ1v) is 6.37. The Morgan fingerprint density at radius 1 is 1.50 bits per heavy atom. The van der Waals surface area contributed by atoms with Crippen LogP contribution in [0.2, 0.25) is 0 Å². The third kappa shape index (κ3) is 6.08. The molecule has 1 rings (SSSR count). The Morgan fingerprint density at radius 3 is 2.81 bits per heavy atom. The molecule has 1 fully saturated rings. The predicted octanol–water partition coefficient (Wildman–Crippen LogP) is 0.653. The van der Waals surface area contributed by atoms with Gasteiger partial charge in [-0.1, -0.05) is 13.3 Å². The highest BCUT2D eigenvalue weighted by molar-refractivity contribution is 5.76. The molecule has 0 spiro atoms. The molecule has 1 amide bonds. The fourth-order valence-corrected chi connectivity index (χ4v) is 1.67. The second kappa shape index (κ2) is 7.63. The Morgan fingerprint density at radius 2 is 2.25 bits per heavy atom. The van der Waals surface area contributed by atoms with Crippen LogP contribution in [0.15, 0.2) is 0 Å². The summed E-state index contributed by atoms with van der Waals surface area (Å²) in [7, 11) is 0. The van der Waals surface area contributed by atoms with Crippen LogP contribution in [0, 0.1) is 5.92 Å². The summed E-state index contributed by atoms with van der Waals surface area (Å²) in [6.45, 7) is 4.01. The van der Waals surface area contributed by atoms with Crippen LogP contribution >= 0.6 is 0 Å². The van der Waals surface area contributed by atoms with Crippen LogP contribution in [0.4, 0.5) is 0 Å². The number of hydrogen-bond donors (Lipinski definition) is 3. The normalized spacial score (nSPS) is 17.1. The molecule has 0 bridgehead atoms. The van der Waals surface area contributed by atoms with Crippen molar-refractivity contribution in [2.45, 2.75) is 45.1 Å². The van der Waals surface area contributed by atoms with Crippen LogP contribution < -0.4 is 10.6 Å². The van der Waals surface area contributed by atoms with Gasteiger partial charge in [-0.15, -0.1) is 0 Å². The average molecular weight is 228 g/mol. The highest BCUT2D eigenvalue weighted by Gasteiger charge is 2.22. The molecule has 3 N–H and O–H groups in total. The van der Waals surface area contributed by atoms with Crippen molar-refractivity contribution in [1.29, 1.82) is 0 Å². The average Bonchev–Trinajstić information content (AvgIpc) is 3.06. The van der Waals surface area contributed by atoms with Crippen LogP contribution in [0.3, 0.4) is 0 Å². The Balaban J connectivity index is 1.94. The van der Waals surface area contributed by atoms with Crippen molar-refractivity contribution in [3.8, 4) is 0 Å². The SMILES string of the molecule is CCC(CCO)CNCCC(=O)NC1CC1. The lowest BCUT2D eigenvalue weighted by atomic mass is 10.0. The minimum absolute atomic E-state index is 0.158. The lowest BCUT2D eigenvalue weighted by molar-refractivity contribution is -0.121. The summed E-state index contributed by atoms with van der Waals surface area (Å²) in [6, 6.07) is 0.463. The molecule has 0 radical (unpaired) electrons. The highest BCUT2D eigenvalue weighted by atomic mass is 16.3. The molecule has 1 aliphatic rings. The lowest BCUT2D eigenvalue weighted by Gasteiger charge is -2.14. The number of aliphatic hydroxyl groups excluding tert-OH is 1. The van der Waals surface area contributed by atoms with E-state index in [1.807, 2.05) is 0 Å². The second-order valence-electron chi connectivity index (χ2n) is 4.58. The Kier molecular flexibility index (Phi) is 6.42. The maximum atomic E-state index is 11.3. The molecule has 1 aliphatic carbocycles. The fourth-order valence-electron chi connectivity index (χ4n) is 1.67. The molecule has 94 valence electrons. The van der Waals surface area contributed by atoms with Gasteiger partial charge in [0.1, 0.15) is 0 Å².